The minimum absolute atomic E-state index is 0.207. The number of methoxy groups -OCH3 is 1. The molecule has 0 heterocycles. The van der Waals surface area contributed by atoms with E-state index in [0.29, 0.717) is 17.0 Å². The topological polar surface area (TPSA) is 29.5 Å². The number of rotatable bonds is 5. The van der Waals surface area contributed by atoms with Crippen molar-refractivity contribution < 1.29 is 14.2 Å². The van der Waals surface area contributed by atoms with E-state index < -0.39 is 6.10 Å². The molecule has 90 valence electrons. The average Bonchev–Trinajstić information content (AvgIpc) is 2.25. The number of hydrogen-bond donors (Lipinski definition) is 1. The van der Waals surface area contributed by atoms with E-state index in [-0.39, 0.29) is 18.3 Å². The van der Waals surface area contributed by atoms with Gasteiger partial charge >= 0.3 is 0 Å². The molecule has 0 fully saturated rings. The second kappa shape index (κ2) is 6.18. The largest absolute Gasteiger partial charge is 0.390 e. The SMILES string of the molecule is CCC(OC)C(O)Cc1cc(Cl)ccc1F. The molecule has 0 amide bonds. The number of benzene rings is 1. The first-order valence-electron chi connectivity index (χ1n) is 5.23. The van der Waals surface area contributed by atoms with Crippen LogP contribution in [0.3, 0.4) is 0 Å². The Kier molecular flexibility index (Phi) is 5.19. The first kappa shape index (κ1) is 13.4. The Morgan fingerprint density at radius 3 is 2.75 bits per heavy atom. The molecule has 4 heteroatoms. The van der Waals surface area contributed by atoms with E-state index in [1.165, 1.54) is 25.3 Å². The molecule has 1 aromatic rings. The molecule has 0 aromatic heterocycles. The third-order valence-corrected chi connectivity index (χ3v) is 2.81. The smallest absolute Gasteiger partial charge is 0.126 e. The quantitative estimate of drug-likeness (QED) is 0.866. The molecule has 1 N–H and O–H groups in total. The van der Waals surface area contributed by atoms with E-state index in [1.807, 2.05) is 6.92 Å². The van der Waals surface area contributed by atoms with Gasteiger partial charge in [-0.1, -0.05) is 18.5 Å². The van der Waals surface area contributed by atoms with Gasteiger partial charge in [0.25, 0.3) is 0 Å². The highest BCUT2D eigenvalue weighted by Gasteiger charge is 2.18. The lowest BCUT2D eigenvalue weighted by atomic mass is 10.0. The van der Waals surface area contributed by atoms with E-state index in [4.69, 9.17) is 16.3 Å². The molecule has 0 aliphatic carbocycles. The summed E-state index contributed by atoms with van der Waals surface area (Å²) in [6.45, 7) is 1.91. The van der Waals surface area contributed by atoms with E-state index in [9.17, 15) is 9.50 Å². The monoisotopic (exact) mass is 246 g/mol. The molecule has 0 bridgehead atoms. The fourth-order valence-electron chi connectivity index (χ4n) is 1.65. The average molecular weight is 247 g/mol. The lowest BCUT2D eigenvalue weighted by molar-refractivity contribution is -0.0131. The minimum Gasteiger partial charge on any atom is -0.390 e. The van der Waals surface area contributed by atoms with Gasteiger partial charge in [-0.05, 0) is 30.2 Å². The zero-order valence-electron chi connectivity index (χ0n) is 9.41. The molecule has 1 aromatic carbocycles. The first-order chi connectivity index (χ1) is 7.58. The van der Waals surface area contributed by atoms with Gasteiger partial charge in [-0.3, -0.25) is 0 Å². The maximum atomic E-state index is 13.4. The number of aliphatic hydroxyl groups excluding tert-OH is 1. The van der Waals surface area contributed by atoms with Gasteiger partial charge in [0.1, 0.15) is 5.82 Å². The van der Waals surface area contributed by atoms with Crippen LogP contribution >= 0.6 is 11.6 Å². The molecular formula is C12H16ClFO2. The summed E-state index contributed by atoms with van der Waals surface area (Å²) >= 11 is 5.77. The van der Waals surface area contributed by atoms with Crippen molar-refractivity contribution in [2.75, 3.05) is 7.11 Å². The minimum atomic E-state index is -0.719. The van der Waals surface area contributed by atoms with Crippen molar-refractivity contribution in [2.45, 2.75) is 32.0 Å². The fourth-order valence-corrected chi connectivity index (χ4v) is 1.85. The van der Waals surface area contributed by atoms with Crippen LogP contribution in [0.25, 0.3) is 0 Å². The van der Waals surface area contributed by atoms with Crippen LogP contribution in [-0.2, 0) is 11.2 Å². The van der Waals surface area contributed by atoms with Crippen molar-refractivity contribution in [1.82, 2.24) is 0 Å². The summed E-state index contributed by atoms with van der Waals surface area (Å²) in [6, 6.07) is 4.32. The van der Waals surface area contributed by atoms with Gasteiger partial charge in [-0.2, -0.15) is 0 Å². The Morgan fingerprint density at radius 2 is 2.19 bits per heavy atom. The van der Waals surface area contributed by atoms with Gasteiger partial charge in [0.15, 0.2) is 0 Å². The molecule has 1 rings (SSSR count). The third-order valence-electron chi connectivity index (χ3n) is 2.57. The number of halogens is 2. The predicted octanol–water partition coefficient (Wildman–Crippen LogP) is 2.81. The summed E-state index contributed by atoms with van der Waals surface area (Å²) < 4.78 is 18.5. The van der Waals surface area contributed by atoms with Gasteiger partial charge < -0.3 is 9.84 Å². The van der Waals surface area contributed by atoms with E-state index >= 15 is 0 Å². The Labute approximate surface area is 100.0 Å². The molecule has 0 aliphatic heterocycles. The number of hydrogen-bond acceptors (Lipinski definition) is 2. The van der Waals surface area contributed by atoms with Crippen LogP contribution in [0.5, 0.6) is 0 Å². The number of aliphatic hydroxyl groups is 1. The van der Waals surface area contributed by atoms with Crippen molar-refractivity contribution in [2.24, 2.45) is 0 Å². The Hall–Kier alpha value is -0.640. The lowest BCUT2D eigenvalue weighted by Gasteiger charge is -2.20. The maximum Gasteiger partial charge on any atom is 0.126 e. The normalized spacial score (nSPS) is 14.8. The molecule has 0 spiro atoms. The summed E-state index contributed by atoms with van der Waals surface area (Å²) in [5, 5.41) is 10.3. The van der Waals surface area contributed by atoms with Crippen LogP contribution in [0.15, 0.2) is 18.2 Å². The highest BCUT2D eigenvalue weighted by Crippen LogP contribution is 2.18. The highest BCUT2D eigenvalue weighted by molar-refractivity contribution is 6.30. The van der Waals surface area contributed by atoms with Gasteiger partial charge in [-0.15, -0.1) is 0 Å². The molecule has 2 atom stereocenters. The van der Waals surface area contributed by atoms with Gasteiger partial charge in [0.2, 0.25) is 0 Å². The van der Waals surface area contributed by atoms with Crippen molar-refractivity contribution in [3.05, 3.63) is 34.6 Å². The summed E-state index contributed by atoms with van der Waals surface area (Å²) in [7, 11) is 1.53. The van der Waals surface area contributed by atoms with Crippen LogP contribution in [-0.4, -0.2) is 24.4 Å². The molecular weight excluding hydrogens is 231 g/mol. The molecule has 0 saturated carbocycles. The molecule has 0 radical (unpaired) electrons. The Morgan fingerprint density at radius 1 is 1.50 bits per heavy atom. The van der Waals surface area contributed by atoms with Gasteiger partial charge in [0, 0.05) is 18.6 Å². The van der Waals surface area contributed by atoms with E-state index in [0.717, 1.165) is 0 Å². The zero-order chi connectivity index (χ0) is 12.1. The molecule has 2 unspecified atom stereocenters. The van der Waals surface area contributed by atoms with E-state index in [1.54, 1.807) is 0 Å². The van der Waals surface area contributed by atoms with Crippen LogP contribution in [0.2, 0.25) is 5.02 Å². The highest BCUT2D eigenvalue weighted by atomic mass is 35.5. The molecule has 0 saturated heterocycles. The van der Waals surface area contributed by atoms with Crippen molar-refractivity contribution in [3.63, 3.8) is 0 Å². The number of ether oxygens (including phenoxy) is 1. The Balaban J connectivity index is 2.75. The zero-order valence-corrected chi connectivity index (χ0v) is 10.2. The van der Waals surface area contributed by atoms with Crippen LogP contribution in [0.4, 0.5) is 4.39 Å². The van der Waals surface area contributed by atoms with Crippen molar-refractivity contribution in [3.8, 4) is 0 Å². The third kappa shape index (κ3) is 3.44. The summed E-state index contributed by atoms with van der Waals surface area (Å²) in [5.41, 5.74) is 0.413. The molecule has 16 heavy (non-hydrogen) atoms. The standard InChI is InChI=1S/C12H16ClFO2/c1-3-12(16-2)11(15)7-8-6-9(13)4-5-10(8)14/h4-6,11-12,15H,3,7H2,1-2H3. The van der Waals surface area contributed by atoms with Crippen molar-refractivity contribution >= 4 is 11.6 Å². The van der Waals surface area contributed by atoms with Crippen LogP contribution in [0.1, 0.15) is 18.9 Å². The Bertz CT molecular complexity index is 340. The maximum absolute atomic E-state index is 13.4. The summed E-state index contributed by atoms with van der Waals surface area (Å²) in [6.07, 6.45) is -0.111. The second-order valence-corrected chi connectivity index (χ2v) is 4.13. The molecule has 2 nitrogen and oxygen atoms in total. The van der Waals surface area contributed by atoms with Crippen LogP contribution in [0, 0.1) is 5.82 Å². The predicted molar refractivity (Wildman–Crippen MR) is 62.2 cm³/mol. The second-order valence-electron chi connectivity index (χ2n) is 3.69. The van der Waals surface area contributed by atoms with Gasteiger partial charge in [0.05, 0.1) is 12.2 Å². The summed E-state index contributed by atoms with van der Waals surface area (Å²) in [5.74, 6) is -0.352. The molecule has 0 aliphatic rings. The first-order valence-corrected chi connectivity index (χ1v) is 5.61. The van der Waals surface area contributed by atoms with Crippen molar-refractivity contribution in [1.29, 1.82) is 0 Å². The fraction of sp³-hybridized carbons (Fsp3) is 0.500. The lowest BCUT2D eigenvalue weighted by Crippen LogP contribution is -2.29. The van der Waals surface area contributed by atoms with Gasteiger partial charge in [-0.25, -0.2) is 4.39 Å². The van der Waals surface area contributed by atoms with Crippen LogP contribution < -0.4 is 0 Å². The van der Waals surface area contributed by atoms with E-state index in [2.05, 4.69) is 0 Å². The summed E-state index contributed by atoms with van der Waals surface area (Å²) in [4.78, 5) is 0.